The van der Waals surface area contributed by atoms with E-state index in [9.17, 15) is 4.79 Å². The highest BCUT2D eigenvalue weighted by Crippen LogP contribution is 2.27. The molecule has 0 saturated carbocycles. The van der Waals surface area contributed by atoms with Crippen molar-refractivity contribution in [3.63, 3.8) is 0 Å². The van der Waals surface area contributed by atoms with E-state index in [2.05, 4.69) is 5.32 Å². The Morgan fingerprint density at radius 2 is 1.76 bits per heavy atom. The van der Waals surface area contributed by atoms with Crippen LogP contribution in [-0.4, -0.2) is 20.1 Å². The third-order valence-electron chi connectivity index (χ3n) is 3.01. The molecule has 1 N–H and O–H groups in total. The van der Waals surface area contributed by atoms with E-state index in [4.69, 9.17) is 9.47 Å². The minimum absolute atomic E-state index is 0.129. The lowest BCUT2D eigenvalue weighted by Crippen LogP contribution is -2.23. The van der Waals surface area contributed by atoms with Crippen molar-refractivity contribution in [2.45, 2.75) is 6.54 Å². The monoisotopic (exact) mass is 284 g/mol. The zero-order chi connectivity index (χ0) is 15.1. The summed E-state index contributed by atoms with van der Waals surface area (Å²) in [6, 6.07) is 15.0. The summed E-state index contributed by atoms with van der Waals surface area (Å²) in [5, 5.41) is 2.85. The number of hydrogen-bond acceptors (Lipinski definition) is 3. The molecule has 1 radical (unpaired) electrons. The summed E-state index contributed by atoms with van der Waals surface area (Å²) in [5.41, 5.74) is 1.82. The SMILES string of the molecule is COc1ccc(CNC(=O)[CH]c2ccccc2)cc1OC. The largest absolute Gasteiger partial charge is 0.493 e. The lowest BCUT2D eigenvalue weighted by atomic mass is 10.1. The van der Waals surface area contributed by atoms with Crippen molar-refractivity contribution in [1.29, 1.82) is 0 Å². The number of benzene rings is 2. The third kappa shape index (κ3) is 4.24. The number of methoxy groups -OCH3 is 2. The molecular formula is C17H18NO3. The number of hydrogen-bond donors (Lipinski definition) is 1. The van der Waals surface area contributed by atoms with Gasteiger partial charge in [0.2, 0.25) is 5.91 Å². The number of nitrogens with one attached hydrogen (secondary N) is 1. The van der Waals surface area contributed by atoms with Gasteiger partial charge in [-0.25, -0.2) is 0 Å². The van der Waals surface area contributed by atoms with Gasteiger partial charge in [-0.3, -0.25) is 4.79 Å². The highest BCUT2D eigenvalue weighted by Gasteiger charge is 2.07. The van der Waals surface area contributed by atoms with Crippen LogP contribution in [0.3, 0.4) is 0 Å². The fourth-order valence-electron chi connectivity index (χ4n) is 1.93. The maximum atomic E-state index is 11.8. The van der Waals surface area contributed by atoms with Crippen LogP contribution in [0, 0.1) is 6.42 Å². The van der Waals surface area contributed by atoms with Gasteiger partial charge in [0.15, 0.2) is 11.5 Å². The van der Waals surface area contributed by atoms with Gasteiger partial charge in [-0.15, -0.1) is 0 Å². The lowest BCUT2D eigenvalue weighted by molar-refractivity contribution is -0.117. The van der Waals surface area contributed by atoms with Gasteiger partial charge < -0.3 is 14.8 Å². The number of rotatable bonds is 6. The first-order valence-corrected chi connectivity index (χ1v) is 6.61. The number of carbonyl (C=O) groups excluding carboxylic acids is 1. The molecule has 0 spiro atoms. The highest BCUT2D eigenvalue weighted by atomic mass is 16.5. The highest BCUT2D eigenvalue weighted by molar-refractivity contribution is 5.88. The molecule has 109 valence electrons. The summed E-state index contributed by atoms with van der Waals surface area (Å²) in [6.45, 7) is 0.433. The molecule has 0 fully saturated rings. The number of amides is 1. The molecule has 0 atom stereocenters. The van der Waals surface area contributed by atoms with Crippen LogP contribution in [0.5, 0.6) is 11.5 Å². The van der Waals surface area contributed by atoms with Gasteiger partial charge >= 0.3 is 0 Å². The van der Waals surface area contributed by atoms with E-state index in [0.29, 0.717) is 18.0 Å². The van der Waals surface area contributed by atoms with Gasteiger partial charge in [-0.1, -0.05) is 36.4 Å². The molecule has 21 heavy (non-hydrogen) atoms. The molecule has 2 rings (SSSR count). The Kier molecular flexibility index (Phi) is 5.21. The molecule has 2 aromatic carbocycles. The molecule has 4 nitrogen and oxygen atoms in total. The summed E-state index contributed by atoms with van der Waals surface area (Å²) in [4.78, 5) is 11.8. The molecule has 0 aliphatic carbocycles. The molecule has 0 aromatic heterocycles. The fourth-order valence-corrected chi connectivity index (χ4v) is 1.93. The molecule has 0 aliphatic rings. The molecule has 0 saturated heterocycles. The average molecular weight is 284 g/mol. The van der Waals surface area contributed by atoms with E-state index >= 15 is 0 Å². The van der Waals surface area contributed by atoms with Crippen LogP contribution in [-0.2, 0) is 11.3 Å². The van der Waals surface area contributed by atoms with Gasteiger partial charge in [-0.2, -0.15) is 0 Å². The van der Waals surface area contributed by atoms with Crippen LogP contribution in [0.1, 0.15) is 11.1 Å². The van der Waals surface area contributed by atoms with Gasteiger partial charge in [0.25, 0.3) is 0 Å². The van der Waals surface area contributed by atoms with Crippen molar-refractivity contribution < 1.29 is 14.3 Å². The number of carbonyl (C=O) groups is 1. The maximum Gasteiger partial charge on any atom is 0.228 e. The maximum absolute atomic E-state index is 11.8. The second-order valence-electron chi connectivity index (χ2n) is 4.46. The Morgan fingerprint density at radius 1 is 1.05 bits per heavy atom. The predicted octanol–water partition coefficient (Wildman–Crippen LogP) is 2.57. The summed E-state index contributed by atoms with van der Waals surface area (Å²) >= 11 is 0. The Hall–Kier alpha value is -2.49. The third-order valence-corrected chi connectivity index (χ3v) is 3.01. The smallest absolute Gasteiger partial charge is 0.228 e. The predicted molar refractivity (Wildman–Crippen MR) is 81.2 cm³/mol. The molecule has 0 heterocycles. The molecule has 4 heteroatoms. The second-order valence-corrected chi connectivity index (χ2v) is 4.46. The topological polar surface area (TPSA) is 47.6 Å². The summed E-state index contributed by atoms with van der Waals surface area (Å²) in [5.74, 6) is 1.19. The Morgan fingerprint density at radius 3 is 2.43 bits per heavy atom. The molecular weight excluding hydrogens is 266 g/mol. The molecule has 0 bridgehead atoms. The van der Waals surface area contributed by atoms with Crippen LogP contribution in [0.25, 0.3) is 0 Å². The summed E-state index contributed by atoms with van der Waals surface area (Å²) in [7, 11) is 3.18. The van der Waals surface area contributed by atoms with Crippen molar-refractivity contribution in [1.82, 2.24) is 5.32 Å². The van der Waals surface area contributed by atoms with Crippen molar-refractivity contribution in [2.75, 3.05) is 14.2 Å². The average Bonchev–Trinajstić information content (AvgIpc) is 2.53. The molecule has 1 amide bonds. The van der Waals surface area contributed by atoms with Gasteiger partial charge in [0.05, 0.1) is 20.6 Å². The van der Waals surface area contributed by atoms with Crippen LogP contribution in [0.15, 0.2) is 48.5 Å². The first-order valence-electron chi connectivity index (χ1n) is 6.61. The lowest BCUT2D eigenvalue weighted by Gasteiger charge is -2.10. The first-order chi connectivity index (χ1) is 10.2. The summed E-state index contributed by atoms with van der Waals surface area (Å²) < 4.78 is 10.4. The van der Waals surface area contributed by atoms with E-state index in [-0.39, 0.29) is 5.91 Å². The molecule has 0 aliphatic heterocycles. The fraction of sp³-hybridized carbons (Fsp3) is 0.176. The van der Waals surface area contributed by atoms with E-state index in [1.807, 2.05) is 48.5 Å². The normalized spacial score (nSPS) is 10.0. The van der Waals surface area contributed by atoms with Crippen molar-refractivity contribution in [3.8, 4) is 11.5 Å². The van der Waals surface area contributed by atoms with Crippen molar-refractivity contribution in [2.24, 2.45) is 0 Å². The van der Waals surface area contributed by atoms with E-state index in [1.165, 1.54) is 0 Å². The van der Waals surface area contributed by atoms with Crippen LogP contribution in [0.4, 0.5) is 0 Å². The molecule has 0 unspecified atom stereocenters. The van der Waals surface area contributed by atoms with Gasteiger partial charge in [0, 0.05) is 6.54 Å². The zero-order valence-corrected chi connectivity index (χ0v) is 12.1. The second kappa shape index (κ2) is 7.33. The van der Waals surface area contributed by atoms with Crippen LogP contribution < -0.4 is 14.8 Å². The molecule has 2 aromatic rings. The Labute approximate surface area is 124 Å². The minimum Gasteiger partial charge on any atom is -0.493 e. The minimum atomic E-state index is -0.129. The standard InChI is InChI=1S/C17H18NO3/c1-20-15-9-8-14(10-16(15)21-2)12-18-17(19)11-13-6-4-3-5-7-13/h3-11H,12H2,1-2H3,(H,18,19). The van der Waals surface area contributed by atoms with E-state index in [1.54, 1.807) is 20.6 Å². The van der Waals surface area contributed by atoms with Gasteiger partial charge in [0.1, 0.15) is 0 Å². The van der Waals surface area contributed by atoms with Gasteiger partial charge in [-0.05, 0) is 23.3 Å². The quantitative estimate of drug-likeness (QED) is 0.887. The van der Waals surface area contributed by atoms with Crippen LogP contribution in [0.2, 0.25) is 0 Å². The summed E-state index contributed by atoms with van der Waals surface area (Å²) in [6.07, 6.45) is 1.57. The zero-order valence-electron chi connectivity index (χ0n) is 12.1. The van der Waals surface area contributed by atoms with Crippen molar-refractivity contribution >= 4 is 5.91 Å². The van der Waals surface area contributed by atoms with Crippen molar-refractivity contribution in [3.05, 3.63) is 66.1 Å². The Balaban J connectivity index is 1.92. The first kappa shape index (κ1) is 14.9. The van der Waals surface area contributed by atoms with E-state index in [0.717, 1.165) is 11.1 Å². The Bertz CT molecular complexity index is 596. The van der Waals surface area contributed by atoms with E-state index < -0.39 is 0 Å². The van der Waals surface area contributed by atoms with Crippen LogP contribution >= 0.6 is 0 Å². The number of ether oxygens (including phenoxy) is 2.